The Morgan fingerprint density at radius 2 is 2.07 bits per heavy atom. The van der Waals surface area contributed by atoms with E-state index in [-0.39, 0.29) is 17.5 Å². The molecule has 0 saturated heterocycles. The van der Waals surface area contributed by atoms with Gasteiger partial charge >= 0.3 is 0 Å². The van der Waals surface area contributed by atoms with Crippen LogP contribution in [-0.2, 0) is 0 Å². The third-order valence-corrected chi connectivity index (χ3v) is 3.36. The molecule has 0 spiro atoms. The van der Waals surface area contributed by atoms with Crippen LogP contribution < -0.4 is 0 Å². The Balaban J connectivity index is 2.52. The molecule has 0 aliphatic carbocycles. The van der Waals surface area contributed by atoms with Gasteiger partial charge < -0.3 is 0 Å². The number of halogens is 1. The minimum Gasteiger partial charge on any atom is -0.293 e. The molecule has 0 fully saturated rings. The second kappa shape index (κ2) is 3.74. The van der Waals surface area contributed by atoms with Gasteiger partial charge in [0.1, 0.15) is 5.82 Å². The molecule has 0 radical (unpaired) electrons. The SMILES string of the molecule is CC(C)C(=O)c1cc2ccc(F)cc2s1. The van der Waals surface area contributed by atoms with E-state index in [1.807, 2.05) is 19.9 Å². The van der Waals surface area contributed by atoms with E-state index in [9.17, 15) is 9.18 Å². The second-order valence-electron chi connectivity index (χ2n) is 3.81. The van der Waals surface area contributed by atoms with Crippen LogP contribution in [0.2, 0.25) is 0 Å². The Labute approximate surface area is 91.5 Å². The maximum absolute atomic E-state index is 12.9. The van der Waals surface area contributed by atoms with Crippen molar-refractivity contribution in [3.05, 3.63) is 35.0 Å². The molecule has 78 valence electrons. The van der Waals surface area contributed by atoms with Crippen molar-refractivity contribution < 1.29 is 9.18 Å². The van der Waals surface area contributed by atoms with E-state index in [0.29, 0.717) is 4.88 Å². The molecule has 2 rings (SSSR count). The molecule has 0 amide bonds. The third kappa shape index (κ3) is 1.92. The van der Waals surface area contributed by atoms with Gasteiger partial charge in [0.25, 0.3) is 0 Å². The molecule has 0 bridgehead atoms. The van der Waals surface area contributed by atoms with Crippen LogP contribution in [0.15, 0.2) is 24.3 Å². The van der Waals surface area contributed by atoms with Crippen molar-refractivity contribution in [3.8, 4) is 0 Å². The minimum atomic E-state index is -0.257. The van der Waals surface area contributed by atoms with E-state index >= 15 is 0 Å². The minimum absolute atomic E-state index is 0.0112. The molecule has 0 N–H and O–H groups in total. The maximum atomic E-state index is 12.9. The highest BCUT2D eigenvalue weighted by atomic mass is 32.1. The highest BCUT2D eigenvalue weighted by molar-refractivity contribution is 7.20. The summed E-state index contributed by atoms with van der Waals surface area (Å²) < 4.78 is 13.8. The second-order valence-corrected chi connectivity index (χ2v) is 4.90. The van der Waals surface area contributed by atoms with Crippen molar-refractivity contribution in [1.82, 2.24) is 0 Å². The summed E-state index contributed by atoms with van der Waals surface area (Å²) in [5.41, 5.74) is 0. The van der Waals surface area contributed by atoms with E-state index in [1.165, 1.54) is 23.5 Å². The first-order valence-corrected chi connectivity index (χ1v) is 5.63. The average molecular weight is 222 g/mol. The lowest BCUT2D eigenvalue weighted by molar-refractivity contribution is 0.0943. The van der Waals surface area contributed by atoms with E-state index in [0.717, 1.165) is 10.1 Å². The standard InChI is InChI=1S/C12H11FOS/c1-7(2)12(14)11-5-8-3-4-9(13)6-10(8)15-11/h3-7H,1-2H3. The van der Waals surface area contributed by atoms with Crippen LogP contribution in [0.1, 0.15) is 23.5 Å². The van der Waals surface area contributed by atoms with E-state index < -0.39 is 0 Å². The Morgan fingerprint density at radius 3 is 2.73 bits per heavy atom. The zero-order valence-electron chi connectivity index (χ0n) is 8.58. The highest BCUT2D eigenvalue weighted by Gasteiger charge is 2.13. The molecule has 3 heteroatoms. The van der Waals surface area contributed by atoms with E-state index in [4.69, 9.17) is 0 Å². The Bertz CT molecular complexity index is 513. The Hall–Kier alpha value is -1.22. The lowest BCUT2D eigenvalue weighted by atomic mass is 10.1. The van der Waals surface area contributed by atoms with Crippen LogP contribution >= 0.6 is 11.3 Å². The molecule has 1 aromatic heterocycles. The highest BCUT2D eigenvalue weighted by Crippen LogP contribution is 2.27. The summed E-state index contributed by atoms with van der Waals surface area (Å²) in [6.07, 6.45) is 0. The van der Waals surface area contributed by atoms with Gasteiger partial charge in [-0.3, -0.25) is 4.79 Å². The maximum Gasteiger partial charge on any atom is 0.175 e. The Kier molecular flexibility index (Phi) is 2.57. The first-order chi connectivity index (χ1) is 7.08. The number of hydrogen-bond donors (Lipinski definition) is 0. The number of carbonyl (C=O) groups is 1. The van der Waals surface area contributed by atoms with Gasteiger partial charge in [0.05, 0.1) is 4.88 Å². The molecule has 2 aromatic rings. The zero-order valence-corrected chi connectivity index (χ0v) is 9.40. The van der Waals surface area contributed by atoms with Gasteiger partial charge in [0, 0.05) is 10.6 Å². The van der Waals surface area contributed by atoms with Crippen LogP contribution in [-0.4, -0.2) is 5.78 Å². The fourth-order valence-electron chi connectivity index (χ4n) is 1.41. The van der Waals surface area contributed by atoms with Crippen LogP contribution in [0.4, 0.5) is 4.39 Å². The summed E-state index contributed by atoms with van der Waals surface area (Å²) in [5, 5.41) is 0.936. The summed E-state index contributed by atoms with van der Waals surface area (Å²) in [4.78, 5) is 12.4. The first kappa shape index (κ1) is 10.3. The molecule has 1 nitrogen and oxygen atoms in total. The number of Topliss-reactive ketones (excluding diaryl/α,β-unsaturated/α-hetero) is 1. The summed E-state index contributed by atoms with van der Waals surface area (Å²) in [5.74, 6) is -0.146. The van der Waals surface area contributed by atoms with E-state index in [2.05, 4.69) is 0 Å². The summed E-state index contributed by atoms with van der Waals surface area (Å²) in [6, 6.07) is 6.43. The third-order valence-electron chi connectivity index (χ3n) is 2.25. The van der Waals surface area contributed by atoms with Gasteiger partial charge in [-0.05, 0) is 23.6 Å². The lowest BCUT2D eigenvalue weighted by Gasteiger charge is -1.98. The summed E-state index contributed by atoms with van der Waals surface area (Å²) in [7, 11) is 0. The van der Waals surface area contributed by atoms with Gasteiger partial charge in [-0.1, -0.05) is 19.9 Å². The average Bonchev–Trinajstić information content (AvgIpc) is 2.58. The molecule has 0 aliphatic rings. The molecular formula is C12H11FOS. The van der Waals surface area contributed by atoms with Crippen molar-refractivity contribution in [2.24, 2.45) is 5.92 Å². The van der Waals surface area contributed by atoms with Gasteiger partial charge in [-0.2, -0.15) is 0 Å². The van der Waals surface area contributed by atoms with Crippen molar-refractivity contribution in [1.29, 1.82) is 0 Å². The quantitative estimate of drug-likeness (QED) is 0.705. The number of rotatable bonds is 2. The van der Waals surface area contributed by atoms with Gasteiger partial charge in [-0.25, -0.2) is 4.39 Å². The van der Waals surface area contributed by atoms with Gasteiger partial charge in [-0.15, -0.1) is 11.3 Å². The van der Waals surface area contributed by atoms with Crippen LogP contribution in [0, 0.1) is 11.7 Å². The summed E-state index contributed by atoms with van der Waals surface area (Å²) >= 11 is 1.36. The summed E-state index contributed by atoms with van der Waals surface area (Å²) in [6.45, 7) is 3.74. The topological polar surface area (TPSA) is 17.1 Å². The largest absolute Gasteiger partial charge is 0.293 e. The van der Waals surface area contributed by atoms with Crippen LogP contribution in [0.25, 0.3) is 10.1 Å². The normalized spacial score (nSPS) is 11.2. The van der Waals surface area contributed by atoms with Gasteiger partial charge in [0.2, 0.25) is 0 Å². The number of thiophene rings is 1. The van der Waals surface area contributed by atoms with E-state index in [1.54, 1.807) is 6.07 Å². The molecule has 15 heavy (non-hydrogen) atoms. The predicted octanol–water partition coefficient (Wildman–Crippen LogP) is 3.88. The first-order valence-electron chi connectivity index (χ1n) is 4.81. The molecule has 0 atom stereocenters. The Morgan fingerprint density at radius 1 is 1.33 bits per heavy atom. The van der Waals surface area contributed by atoms with Crippen LogP contribution in [0.5, 0.6) is 0 Å². The number of carbonyl (C=O) groups excluding carboxylic acids is 1. The number of fused-ring (bicyclic) bond motifs is 1. The van der Waals surface area contributed by atoms with Crippen LogP contribution in [0.3, 0.4) is 0 Å². The van der Waals surface area contributed by atoms with Crippen molar-refractivity contribution in [2.75, 3.05) is 0 Å². The monoisotopic (exact) mass is 222 g/mol. The van der Waals surface area contributed by atoms with Crippen molar-refractivity contribution in [2.45, 2.75) is 13.8 Å². The molecule has 1 aromatic carbocycles. The number of ketones is 1. The fraction of sp³-hybridized carbons (Fsp3) is 0.250. The smallest absolute Gasteiger partial charge is 0.175 e. The fourth-order valence-corrected chi connectivity index (χ4v) is 2.59. The zero-order chi connectivity index (χ0) is 11.0. The molecular weight excluding hydrogens is 211 g/mol. The van der Waals surface area contributed by atoms with Gasteiger partial charge in [0.15, 0.2) is 5.78 Å². The molecule has 0 saturated carbocycles. The predicted molar refractivity (Wildman–Crippen MR) is 61.0 cm³/mol. The molecule has 0 aliphatic heterocycles. The molecule has 1 heterocycles. The van der Waals surface area contributed by atoms with Crippen molar-refractivity contribution in [3.63, 3.8) is 0 Å². The lowest BCUT2D eigenvalue weighted by Crippen LogP contribution is -2.04. The van der Waals surface area contributed by atoms with Crippen molar-refractivity contribution >= 4 is 27.2 Å². The molecule has 0 unspecified atom stereocenters. The number of hydrogen-bond acceptors (Lipinski definition) is 2. The number of benzene rings is 1.